The summed E-state index contributed by atoms with van der Waals surface area (Å²) in [5.74, 6) is 0.368. The molecule has 1 heterocycles. The maximum atomic E-state index is 12.6. The molecule has 1 aromatic heterocycles. The van der Waals surface area contributed by atoms with Crippen LogP contribution in [-0.2, 0) is 12.6 Å². The van der Waals surface area contributed by atoms with Gasteiger partial charge >= 0.3 is 6.18 Å². The quantitative estimate of drug-likeness (QED) is 0.789. The number of nitrogens with one attached hydrogen (secondary N) is 1. The molecular weight excluding hydrogens is 209 g/mol. The molecule has 0 fully saturated rings. The number of nitrogens with zero attached hydrogens (tertiary/aromatic N) is 1. The minimum Gasteiger partial charge on any atom is -0.360 e. The highest BCUT2D eigenvalue weighted by Crippen LogP contribution is 2.39. The lowest BCUT2D eigenvalue weighted by Gasteiger charge is -2.21. The average Bonchev–Trinajstić information content (AvgIpc) is 2.59. The van der Waals surface area contributed by atoms with Crippen LogP contribution in [0.15, 0.2) is 4.52 Å². The largest absolute Gasteiger partial charge is 0.437 e. The lowest BCUT2D eigenvalue weighted by molar-refractivity contribution is -0.143. The summed E-state index contributed by atoms with van der Waals surface area (Å²) in [5, 5.41) is 5.99. The van der Waals surface area contributed by atoms with Crippen molar-refractivity contribution in [2.45, 2.75) is 31.5 Å². The molecule has 0 saturated carbocycles. The Balaban J connectivity index is 2.47. The molecule has 1 aliphatic carbocycles. The van der Waals surface area contributed by atoms with E-state index >= 15 is 0 Å². The fourth-order valence-corrected chi connectivity index (χ4v) is 1.98. The van der Waals surface area contributed by atoms with Crippen LogP contribution in [0.5, 0.6) is 0 Å². The average molecular weight is 220 g/mol. The van der Waals surface area contributed by atoms with E-state index < -0.39 is 11.9 Å². The van der Waals surface area contributed by atoms with Gasteiger partial charge in [-0.2, -0.15) is 13.2 Å². The first-order chi connectivity index (χ1) is 7.04. The van der Waals surface area contributed by atoms with Crippen LogP contribution in [0.1, 0.15) is 35.9 Å². The predicted molar refractivity (Wildman–Crippen MR) is 46.2 cm³/mol. The lowest BCUT2D eigenvalue weighted by Crippen LogP contribution is -2.23. The molecule has 1 aliphatic rings. The predicted octanol–water partition coefficient (Wildman–Crippen LogP) is 2.29. The van der Waals surface area contributed by atoms with Crippen molar-refractivity contribution in [2.24, 2.45) is 0 Å². The monoisotopic (exact) mass is 220 g/mol. The van der Waals surface area contributed by atoms with Crippen molar-refractivity contribution in [2.75, 3.05) is 7.05 Å². The van der Waals surface area contributed by atoms with E-state index in [0.29, 0.717) is 18.6 Å². The molecule has 0 amide bonds. The number of alkyl halides is 3. The van der Waals surface area contributed by atoms with Crippen LogP contribution in [0.2, 0.25) is 0 Å². The van der Waals surface area contributed by atoms with Crippen molar-refractivity contribution in [3.05, 3.63) is 17.0 Å². The van der Waals surface area contributed by atoms with Crippen molar-refractivity contribution in [1.29, 1.82) is 0 Å². The topological polar surface area (TPSA) is 38.1 Å². The molecule has 3 nitrogen and oxygen atoms in total. The summed E-state index contributed by atoms with van der Waals surface area (Å²) in [6.45, 7) is 0. The highest BCUT2D eigenvalue weighted by Gasteiger charge is 2.42. The van der Waals surface area contributed by atoms with E-state index in [4.69, 9.17) is 4.52 Å². The molecule has 1 atom stereocenters. The number of hydrogen-bond acceptors (Lipinski definition) is 3. The van der Waals surface area contributed by atoms with Gasteiger partial charge in [-0.05, 0) is 19.9 Å². The van der Waals surface area contributed by atoms with Crippen molar-refractivity contribution in [3.8, 4) is 0 Å². The van der Waals surface area contributed by atoms with E-state index in [-0.39, 0.29) is 11.6 Å². The van der Waals surface area contributed by atoms with Crippen molar-refractivity contribution >= 4 is 0 Å². The number of aryl methyl sites for hydroxylation is 1. The van der Waals surface area contributed by atoms with Crippen molar-refractivity contribution < 1.29 is 17.7 Å². The van der Waals surface area contributed by atoms with Gasteiger partial charge in [0.15, 0.2) is 5.69 Å². The van der Waals surface area contributed by atoms with E-state index in [0.717, 1.165) is 6.42 Å². The van der Waals surface area contributed by atoms with Gasteiger partial charge < -0.3 is 9.84 Å². The van der Waals surface area contributed by atoms with Crippen LogP contribution < -0.4 is 5.32 Å². The second kappa shape index (κ2) is 3.52. The minimum atomic E-state index is -4.43. The molecule has 0 aliphatic heterocycles. The Hall–Kier alpha value is -1.04. The first-order valence-corrected chi connectivity index (χ1v) is 4.77. The first-order valence-electron chi connectivity index (χ1n) is 4.77. The van der Waals surface area contributed by atoms with Crippen molar-refractivity contribution in [3.63, 3.8) is 0 Å². The zero-order valence-corrected chi connectivity index (χ0v) is 8.19. The molecular formula is C9H11F3N2O. The summed E-state index contributed by atoms with van der Waals surface area (Å²) in [7, 11) is 1.65. The summed E-state index contributed by atoms with van der Waals surface area (Å²) in [5.41, 5.74) is -0.687. The number of hydrogen-bond donors (Lipinski definition) is 1. The Morgan fingerprint density at radius 1 is 1.47 bits per heavy atom. The minimum absolute atomic E-state index is 0.191. The molecule has 0 aromatic carbocycles. The third kappa shape index (κ3) is 1.73. The fourth-order valence-electron chi connectivity index (χ4n) is 1.98. The first kappa shape index (κ1) is 10.5. The Labute approximate surface area is 84.6 Å². The SMILES string of the molecule is CNC1CCCc2onc(C(F)(F)F)c21. The standard InChI is InChI=1S/C9H11F3N2O/c1-13-5-3-2-4-6-7(5)8(14-15-6)9(10,11)12/h5,13H,2-4H2,1H3. The highest BCUT2D eigenvalue weighted by atomic mass is 19.4. The second-order valence-corrected chi connectivity index (χ2v) is 3.60. The molecule has 6 heteroatoms. The van der Waals surface area contributed by atoms with E-state index in [2.05, 4.69) is 10.5 Å². The maximum absolute atomic E-state index is 12.6. The molecule has 0 bridgehead atoms. The summed E-state index contributed by atoms with van der Waals surface area (Å²) in [6, 6.07) is -0.295. The van der Waals surface area contributed by atoms with Crippen LogP contribution in [-0.4, -0.2) is 12.2 Å². The molecule has 1 aromatic rings. The number of aromatic nitrogens is 1. The molecule has 15 heavy (non-hydrogen) atoms. The van der Waals surface area contributed by atoms with Crippen molar-refractivity contribution in [1.82, 2.24) is 10.5 Å². The Kier molecular flexibility index (Phi) is 2.46. The van der Waals surface area contributed by atoms with Gasteiger partial charge in [0.05, 0.1) is 0 Å². The van der Waals surface area contributed by atoms with E-state index in [1.807, 2.05) is 0 Å². The normalized spacial score (nSPS) is 21.5. The maximum Gasteiger partial charge on any atom is 0.437 e. The Bertz CT molecular complexity index is 359. The molecule has 0 radical (unpaired) electrons. The van der Waals surface area contributed by atoms with Crippen LogP contribution in [0, 0.1) is 0 Å². The van der Waals surface area contributed by atoms with E-state index in [1.54, 1.807) is 7.05 Å². The Morgan fingerprint density at radius 2 is 2.20 bits per heavy atom. The molecule has 1 unspecified atom stereocenters. The molecule has 0 saturated heterocycles. The van der Waals surface area contributed by atoms with Crippen LogP contribution in [0.25, 0.3) is 0 Å². The molecule has 0 spiro atoms. The fraction of sp³-hybridized carbons (Fsp3) is 0.667. The third-order valence-electron chi connectivity index (χ3n) is 2.66. The van der Waals surface area contributed by atoms with E-state index in [9.17, 15) is 13.2 Å². The number of fused-ring (bicyclic) bond motifs is 1. The van der Waals surface area contributed by atoms with Gasteiger partial charge in [-0.25, -0.2) is 0 Å². The second-order valence-electron chi connectivity index (χ2n) is 3.60. The van der Waals surface area contributed by atoms with Crippen LogP contribution in [0.4, 0.5) is 13.2 Å². The van der Waals surface area contributed by atoms with Gasteiger partial charge in [0, 0.05) is 18.0 Å². The summed E-state index contributed by atoms with van der Waals surface area (Å²) in [6.07, 6.45) is -2.38. The third-order valence-corrected chi connectivity index (χ3v) is 2.66. The summed E-state index contributed by atoms with van der Waals surface area (Å²) < 4.78 is 42.4. The summed E-state index contributed by atoms with van der Waals surface area (Å²) >= 11 is 0. The van der Waals surface area contributed by atoms with Gasteiger partial charge in [-0.1, -0.05) is 5.16 Å². The highest BCUT2D eigenvalue weighted by molar-refractivity contribution is 5.30. The van der Waals surface area contributed by atoms with Crippen LogP contribution >= 0.6 is 0 Å². The van der Waals surface area contributed by atoms with Gasteiger partial charge in [0.2, 0.25) is 0 Å². The molecule has 2 rings (SSSR count). The Morgan fingerprint density at radius 3 is 2.80 bits per heavy atom. The molecule has 1 N–H and O–H groups in total. The smallest absolute Gasteiger partial charge is 0.360 e. The van der Waals surface area contributed by atoms with Gasteiger partial charge in [-0.15, -0.1) is 0 Å². The zero-order valence-electron chi connectivity index (χ0n) is 8.19. The van der Waals surface area contributed by atoms with Gasteiger partial charge in [0.25, 0.3) is 0 Å². The van der Waals surface area contributed by atoms with Crippen LogP contribution in [0.3, 0.4) is 0 Å². The molecule has 84 valence electrons. The summed E-state index contributed by atoms with van der Waals surface area (Å²) in [4.78, 5) is 0. The number of halogens is 3. The van der Waals surface area contributed by atoms with E-state index in [1.165, 1.54) is 0 Å². The van der Waals surface area contributed by atoms with Gasteiger partial charge in [-0.3, -0.25) is 0 Å². The lowest BCUT2D eigenvalue weighted by atomic mass is 9.91. The van der Waals surface area contributed by atoms with Gasteiger partial charge in [0.1, 0.15) is 5.76 Å². The number of rotatable bonds is 1. The zero-order chi connectivity index (χ0) is 11.1.